The minimum Gasteiger partial charge on any atom is -0.483 e. The van der Waals surface area contributed by atoms with E-state index in [1.54, 1.807) is 18.2 Å². The van der Waals surface area contributed by atoms with Crippen LogP contribution < -0.4 is 10.1 Å². The smallest absolute Gasteiger partial charge is 0.257 e. The average molecular weight is 329 g/mol. The lowest BCUT2D eigenvalue weighted by Gasteiger charge is -2.15. The third-order valence-electron chi connectivity index (χ3n) is 4.10. The monoisotopic (exact) mass is 329 g/mol. The molecule has 0 radical (unpaired) electrons. The second kappa shape index (κ2) is 9.06. The van der Waals surface area contributed by atoms with Crippen LogP contribution in [0, 0.1) is 5.82 Å². The first-order valence-corrected chi connectivity index (χ1v) is 8.33. The molecule has 0 aliphatic rings. The van der Waals surface area contributed by atoms with Crippen LogP contribution in [0.25, 0.3) is 0 Å². The number of ether oxygens (including phenoxy) is 1. The number of rotatable bonds is 8. The molecular weight excluding hydrogens is 305 g/mol. The van der Waals surface area contributed by atoms with Gasteiger partial charge in [-0.2, -0.15) is 0 Å². The molecule has 0 heterocycles. The SMILES string of the molecule is CCC(C)c1ccccc1OCC(=O)NCCc1ccccc1F. The van der Waals surface area contributed by atoms with Crippen molar-refractivity contribution in [3.8, 4) is 5.75 Å². The molecule has 1 amide bonds. The van der Waals surface area contributed by atoms with Crippen LogP contribution in [-0.2, 0) is 11.2 Å². The van der Waals surface area contributed by atoms with Gasteiger partial charge in [-0.15, -0.1) is 0 Å². The van der Waals surface area contributed by atoms with Gasteiger partial charge in [0, 0.05) is 6.54 Å². The van der Waals surface area contributed by atoms with Gasteiger partial charge in [-0.3, -0.25) is 4.79 Å². The second-order valence-electron chi connectivity index (χ2n) is 5.83. The van der Waals surface area contributed by atoms with Crippen molar-refractivity contribution >= 4 is 5.91 Å². The zero-order valence-corrected chi connectivity index (χ0v) is 14.2. The molecule has 24 heavy (non-hydrogen) atoms. The number of benzene rings is 2. The van der Waals surface area contributed by atoms with E-state index >= 15 is 0 Å². The number of amides is 1. The van der Waals surface area contributed by atoms with Gasteiger partial charge in [-0.25, -0.2) is 4.39 Å². The number of hydrogen-bond acceptors (Lipinski definition) is 2. The molecule has 0 saturated carbocycles. The Kier molecular flexibility index (Phi) is 6.79. The highest BCUT2D eigenvalue weighted by Gasteiger charge is 2.11. The Balaban J connectivity index is 1.81. The highest BCUT2D eigenvalue weighted by atomic mass is 19.1. The Hall–Kier alpha value is -2.36. The predicted octanol–water partition coefficient (Wildman–Crippen LogP) is 4.08. The molecule has 0 aromatic heterocycles. The van der Waals surface area contributed by atoms with Crippen LogP contribution in [0.3, 0.4) is 0 Å². The topological polar surface area (TPSA) is 38.3 Å². The minimum atomic E-state index is -0.245. The van der Waals surface area contributed by atoms with Crippen LogP contribution in [0.4, 0.5) is 4.39 Å². The Morgan fingerprint density at radius 1 is 1.17 bits per heavy atom. The summed E-state index contributed by atoms with van der Waals surface area (Å²) in [5, 5.41) is 2.76. The summed E-state index contributed by atoms with van der Waals surface area (Å²) in [5.74, 6) is 0.678. The molecule has 1 N–H and O–H groups in total. The van der Waals surface area contributed by atoms with Crippen LogP contribution in [0.15, 0.2) is 48.5 Å². The van der Waals surface area contributed by atoms with E-state index in [2.05, 4.69) is 19.2 Å². The molecule has 0 spiro atoms. The summed E-state index contributed by atoms with van der Waals surface area (Å²) in [4.78, 5) is 11.9. The Labute approximate surface area is 142 Å². The van der Waals surface area contributed by atoms with Crippen molar-refractivity contribution in [3.05, 3.63) is 65.5 Å². The summed E-state index contributed by atoms with van der Waals surface area (Å²) in [6.07, 6.45) is 1.47. The Morgan fingerprint density at radius 3 is 2.62 bits per heavy atom. The van der Waals surface area contributed by atoms with Gasteiger partial charge in [0.15, 0.2) is 6.61 Å². The lowest BCUT2D eigenvalue weighted by molar-refractivity contribution is -0.123. The van der Waals surface area contributed by atoms with Gasteiger partial charge < -0.3 is 10.1 Å². The zero-order valence-electron chi connectivity index (χ0n) is 14.2. The lowest BCUT2D eigenvalue weighted by atomic mass is 9.98. The Morgan fingerprint density at radius 2 is 1.88 bits per heavy atom. The third kappa shape index (κ3) is 5.08. The largest absolute Gasteiger partial charge is 0.483 e. The molecule has 0 bridgehead atoms. The maximum Gasteiger partial charge on any atom is 0.257 e. The van der Waals surface area contributed by atoms with E-state index in [0.29, 0.717) is 24.4 Å². The summed E-state index contributed by atoms with van der Waals surface area (Å²) in [6, 6.07) is 14.4. The minimum absolute atomic E-state index is 0.0370. The molecule has 0 fully saturated rings. The summed E-state index contributed by atoms with van der Waals surface area (Å²) in [6.45, 7) is 4.61. The molecule has 0 aliphatic heterocycles. The van der Waals surface area contributed by atoms with Crippen LogP contribution >= 0.6 is 0 Å². The van der Waals surface area contributed by atoms with Gasteiger partial charge in [-0.1, -0.05) is 50.2 Å². The van der Waals surface area contributed by atoms with Crippen molar-refractivity contribution < 1.29 is 13.9 Å². The summed E-state index contributed by atoms with van der Waals surface area (Å²) < 4.78 is 19.2. The van der Waals surface area contributed by atoms with Crippen molar-refractivity contribution in [2.24, 2.45) is 0 Å². The van der Waals surface area contributed by atoms with E-state index < -0.39 is 0 Å². The summed E-state index contributed by atoms with van der Waals surface area (Å²) in [7, 11) is 0. The highest BCUT2D eigenvalue weighted by molar-refractivity contribution is 5.77. The fourth-order valence-corrected chi connectivity index (χ4v) is 2.47. The van der Waals surface area contributed by atoms with Crippen LogP contribution in [0.5, 0.6) is 5.75 Å². The van der Waals surface area contributed by atoms with Crippen LogP contribution in [0.2, 0.25) is 0 Å². The molecule has 2 aromatic rings. The van der Waals surface area contributed by atoms with E-state index in [1.807, 2.05) is 24.3 Å². The summed E-state index contributed by atoms with van der Waals surface area (Å²) >= 11 is 0. The first-order chi connectivity index (χ1) is 11.6. The lowest BCUT2D eigenvalue weighted by Crippen LogP contribution is -2.30. The van der Waals surface area contributed by atoms with Gasteiger partial charge in [0.2, 0.25) is 0 Å². The zero-order chi connectivity index (χ0) is 17.4. The van der Waals surface area contributed by atoms with Crippen LogP contribution in [-0.4, -0.2) is 19.1 Å². The molecule has 1 unspecified atom stereocenters. The molecule has 2 rings (SSSR count). The molecule has 3 nitrogen and oxygen atoms in total. The van der Waals surface area contributed by atoms with E-state index in [0.717, 1.165) is 17.7 Å². The number of para-hydroxylation sites is 1. The van der Waals surface area contributed by atoms with Gasteiger partial charge in [0.25, 0.3) is 5.91 Å². The average Bonchev–Trinajstić information content (AvgIpc) is 2.61. The quantitative estimate of drug-likeness (QED) is 0.792. The van der Waals surface area contributed by atoms with Gasteiger partial charge >= 0.3 is 0 Å². The predicted molar refractivity (Wildman–Crippen MR) is 93.8 cm³/mol. The Bertz CT molecular complexity index is 672. The van der Waals surface area contributed by atoms with Gasteiger partial charge in [0.1, 0.15) is 11.6 Å². The summed E-state index contributed by atoms with van der Waals surface area (Å²) in [5.41, 5.74) is 1.71. The fraction of sp³-hybridized carbons (Fsp3) is 0.350. The number of carbonyl (C=O) groups excluding carboxylic acids is 1. The molecule has 0 saturated heterocycles. The molecule has 4 heteroatoms. The first kappa shape index (κ1) is 18.0. The maximum absolute atomic E-state index is 13.5. The normalized spacial score (nSPS) is 11.8. The molecular formula is C20H24FNO2. The third-order valence-corrected chi connectivity index (χ3v) is 4.10. The van der Waals surface area contributed by atoms with Crippen molar-refractivity contribution in [2.75, 3.05) is 13.2 Å². The molecule has 0 aliphatic carbocycles. The van der Waals surface area contributed by atoms with E-state index in [9.17, 15) is 9.18 Å². The fourth-order valence-electron chi connectivity index (χ4n) is 2.47. The first-order valence-electron chi connectivity index (χ1n) is 8.33. The number of carbonyl (C=O) groups is 1. The van der Waals surface area contributed by atoms with E-state index in [4.69, 9.17) is 4.74 Å². The number of halogens is 1. The van der Waals surface area contributed by atoms with Crippen molar-refractivity contribution in [3.63, 3.8) is 0 Å². The van der Waals surface area contributed by atoms with Crippen molar-refractivity contribution in [1.82, 2.24) is 5.32 Å². The van der Waals surface area contributed by atoms with Crippen LogP contribution in [0.1, 0.15) is 37.3 Å². The van der Waals surface area contributed by atoms with Gasteiger partial charge in [0.05, 0.1) is 0 Å². The number of hydrogen-bond donors (Lipinski definition) is 1. The number of nitrogens with one attached hydrogen (secondary N) is 1. The molecule has 128 valence electrons. The van der Waals surface area contributed by atoms with E-state index in [-0.39, 0.29) is 18.3 Å². The van der Waals surface area contributed by atoms with Crippen molar-refractivity contribution in [2.45, 2.75) is 32.6 Å². The van der Waals surface area contributed by atoms with Gasteiger partial charge in [-0.05, 0) is 42.0 Å². The molecule has 1 atom stereocenters. The standard InChI is InChI=1S/C20H24FNO2/c1-3-15(2)17-9-5-7-11-19(17)24-14-20(23)22-13-12-16-8-4-6-10-18(16)21/h4-11,15H,3,12-14H2,1-2H3,(H,22,23). The van der Waals surface area contributed by atoms with Crippen molar-refractivity contribution in [1.29, 1.82) is 0 Å². The van der Waals surface area contributed by atoms with E-state index in [1.165, 1.54) is 6.07 Å². The maximum atomic E-state index is 13.5. The highest BCUT2D eigenvalue weighted by Crippen LogP contribution is 2.28. The molecule has 2 aromatic carbocycles. The second-order valence-corrected chi connectivity index (χ2v) is 5.83.